The number of hydrogen-bond acceptors (Lipinski definition) is 3. The number of nitrogens with zero attached hydrogens (tertiary/aromatic N) is 1. The summed E-state index contributed by atoms with van der Waals surface area (Å²) in [5, 5.41) is 0.851. The van der Waals surface area contributed by atoms with Crippen LogP contribution >= 0.6 is 11.6 Å². The van der Waals surface area contributed by atoms with Gasteiger partial charge in [-0.15, -0.1) is 0 Å². The zero-order valence-corrected chi connectivity index (χ0v) is 16.8. The van der Waals surface area contributed by atoms with Crippen LogP contribution in [0.5, 0.6) is 5.75 Å². The lowest BCUT2D eigenvalue weighted by Gasteiger charge is -2.33. The summed E-state index contributed by atoms with van der Waals surface area (Å²) in [6.45, 7) is 7.01. The summed E-state index contributed by atoms with van der Waals surface area (Å²) in [5.74, 6) is 1.46. The minimum Gasteiger partial charge on any atom is -0.490 e. The fraction of sp³-hybridized carbons (Fsp3) is 0.667. The van der Waals surface area contributed by atoms with E-state index in [4.69, 9.17) is 21.1 Å². The van der Waals surface area contributed by atoms with E-state index < -0.39 is 5.60 Å². The van der Waals surface area contributed by atoms with E-state index >= 15 is 0 Å². The van der Waals surface area contributed by atoms with Gasteiger partial charge in [0.05, 0.1) is 0 Å². The van der Waals surface area contributed by atoms with Gasteiger partial charge in [-0.1, -0.05) is 24.4 Å². The quantitative estimate of drug-likeness (QED) is 0.668. The number of amides is 1. The van der Waals surface area contributed by atoms with Crippen LogP contribution in [0.25, 0.3) is 0 Å². The molecule has 0 unspecified atom stereocenters. The average molecular weight is 380 g/mol. The van der Waals surface area contributed by atoms with Crippen molar-refractivity contribution in [2.75, 3.05) is 13.1 Å². The second-order valence-corrected chi connectivity index (χ2v) is 8.86. The second-order valence-electron chi connectivity index (χ2n) is 8.45. The molecule has 1 saturated heterocycles. The third kappa shape index (κ3) is 5.06. The van der Waals surface area contributed by atoms with Crippen LogP contribution in [0.3, 0.4) is 0 Å². The molecule has 144 valence electrons. The van der Waals surface area contributed by atoms with E-state index in [1.54, 1.807) is 4.90 Å². The zero-order chi connectivity index (χ0) is 18.7. The lowest BCUT2D eigenvalue weighted by atomic mass is 9.97. The molecule has 1 aromatic rings. The van der Waals surface area contributed by atoms with E-state index in [0.29, 0.717) is 19.0 Å². The number of carbonyl (C=O) groups excluding carboxylic acids is 1. The van der Waals surface area contributed by atoms with Crippen molar-refractivity contribution in [3.8, 4) is 5.75 Å². The van der Waals surface area contributed by atoms with Crippen LogP contribution in [-0.4, -0.2) is 35.8 Å². The molecule has 2 aliphatic rings. The van der Waals surface area contributed by atoms with Crippen molar-refractivity contribution in [3.05, 3.63) is 28.8 Å². The van der Waals surface area contributed by atoms with E-state index in [-0.39, 0.29) is 12.2 Å². The maximum absolute atomic E-state index is 12.2. The van der Waals surface area contributed by atoms with Crippen molar-refractivity contribution < 1.29 is 14.3 Å². The van der Waals surface area contributed by atoms with E-state index in [1.807, 2.05) is 32.9 Å². The van der Waals surface area contributed by atoms with Crippen LogP contribution in [0.2, 0.25) is 5.02 Å². The van der Waals surface area contributed by atoms with Crippen molar-refractivity contribution in [2.24, 2.45) is 0 Å². The predicted molar refractivity (Wildman–Crippen MR) is 104 cm³/mol. The summed E-state index contributed by atoms with van der Waals surface area (Å²) in [7, 11) is 0. The number of rotatable bonds is 3. The Morgan fingerprint density at radius 3 is 2.38 bits per heavy atom. The minimum absolute atomic E-state index is 0.131. The maximum Gasteiger partial charge on any atom is 0.410 e. The van der Waals surface area contributed by atoms with Crippen LogP contribution in [0.15, 0.2) is 18.2 Å². The highest BCUT2D eigenvalue weighted by Gasteiger charge is 2.28. The number of ether oxygens (including phenoxy) is 2. The van der Waals surface area contributed by atoms with Gasteiger partial charge in [-0.3, -0.25) is 0 Å². The number of benzene rings is 1. The van der Waals surface area contributed by atoms with Crippen molar-refractivity contribution in [1.82, 2.24) is 4.90 Å². The Balaban J connectivity index is 1.55. The smallest absolute Gasteiger partial charge is 0.410 e. The first-order valence-corrected chi connectivity index (χ1v) is 10.1. The number of hydrogen-bond donors (Lipinski definition) is 0. The molecular weight excluding hydrogens is 350 g/mol. The van der Waals surface area contributed by atoms with E-state index in [2.05, 4.69) is 6.07 Å². The molecule has 0 aromatic heterocycles. The molecule has 26 heavy (non-hydrogen) atoms. The Hall–Kier alpha value is -1.42. The van der Waals surface area contributed by atoms with Gasteiger partial charge in [0.25, 0.3) is 0 Å². The summed E-state index contributed by atoms with van der Waals surface area (Å²) in [6.07, 6.45) is 6.55. The van der Waals surface area contributed by atoms with Crippen molar-refractivity contribution in [1.29, 1.82) is 0 Å². The molecule has 1 aromatic carbocycles. The number of likely N-dealkylation sites (tertiary alicyclic amines) is 1. The first kappa shape index (κ1) is 19.3. The van der Waals surface area contributed by atoms with Gasteiger partial charge in [-0.25, -0.2) is 4.79 Å². The molecule has 2 fully saturated rings. The molecule has 0 N–H and O–H groups in total. The summed E-state index contributed by atoms with van der Waals surface area (Å²) in [4.78, 5) is 13.9. The fourth-order valence-corrected chi connectivity index (χ4v) is 4.09. The number of halogens is 1. The monoisotopic (exact) mass is 379 g/mol. The lowest BCUT2D eigenvalue weighted by molar-refractivity contribution is 0.0126. The van der Waals surface area contributed by atoms with Crippen LogP contribution in [0, 0.1) is 0 Å². The summed E-state index contributed by atoms with van der Waals surface area (Å²) < 4.78 is 11.7. The summed E-state index contributed by atoms with van der Waals surface area (Å²) in [5.41, 5.74) is 0.776. The molecule has 0 spiro atoms. The van der Waals surface area contributed by atoms with Crippen LogP contribution < -0.4 is 4.74 Å². The van der Waals surface area contributed by atoms with Gasteiger partial charge >= 0.3 is 6.09 Å². The Morgan fingerprint density at radius 1 is 1.12 bits per heavy atom. The van der Waals surface area contributed by atoms with E-state index in [1.165, 1.54) is 31.2 Å². The van der Waals surface area contributed by atoms with Crippen LogP contribution in [0.4, 0.5) is 4.79 Å². The van der Waals surface area contributed by atoms with E-state index in [9.17, 15) is 4.79 Å². The minimum atomic E-state index is -0.454. The second kappa shape index (κ2) is 8.08. The molecule has 1 saturated carbocycles. The summed E-state index contributed by atoms with van der Waals surface area (Å²) in [6, 6.07) is 6.04. The first-order valence-electron chi connectivity index (χ1n) is 9.76. The van der Waals surface area contributed by atoms with Gasteiger partial charge in [0.2, 0.25) is 0 Å². The molecule has 0 bridgehead atoms. The molecule has 5 heteroatoms. The highest BCUT2D eigenvalue weighted by molar-refractivity contribution is 6.31. The molecule has 0 atom stereocenters. The number of carbonyl (C=O) groups is 1. The first-order chi connectivity index (χ1) is 12.3. The van der Waals surface area contributed by atoms with Crippen molar-refractivity contribution in [2.45, 2.75) is 76.9 Å². The third-order valence-electron chi connectivity index (χ3n) is 5.16. The lowest BCUT2D eigenvalue weighted by Crippen LogP contribution is -2.44. The topological polar surface area (TPSA) is 38.8 Å². The Kier molecular flexibility index (Phi) is 6.01. The average Bonchev–Trinajstić information content (AvgIpc) is 3.10. The molecule has 1 aliphatic heterocycles. The zero-order valence-electron chi connectivity index (χ0n) is 16.1. The Labute approximate surface area is 161 Å². The van der Waals surface area contributed by atoms with Crippen molar-refractivity contribution in [3.63, 3.8) is 0 Å². The largest absolute Gasteiger partial charge is 0.490 e. The van der Waals surface area contributed by atoms with Crippen LogP contribution in [0.1, 0.15) is 70.8 Å². The molecule has 4 nitrogen and oxygen atoms in total. The number of piperidine rings is 1. The molecule has 1 aliphatic carbocycles. The summed E-state index contributed by atoms with van der Waals surface area (Å²) >= 11 is 6.41. The van der Waals surface area contributed by atoms with Crippen molar-refractivity contribution >= 4 is 17.7 Å². The normalized spacial score (nSPS) is 19.6. The highest BCUT2D eigenvalue weighted by atomic mass is 35.5. The Bertz CT molecular complexity index is 627. The molecule has 1 amide bonds. The molecule has 1 heterocycles. The molecular formula is C21H30ClNO3. The van der Waals surface area contributed by atoms with Gasteiger partial charge in [-0.05, 0) is 63.3 Å². The Morgan fingerprint density at radius 2 is 1.77 bits per heavy atom. The maximum atomic E-state index is 12.2. The standard InChI is InChI=1S/C21H30ClNO3/c1-21(2,3)26-20(24)23-12-10-16(11-13-23)25-17-8-9-19(22)18(14-17)15-6-4-5-7-15/h8-9,14-16H,4-7,10-13H2,1-3H3. The van der Waals surface area contributed by atoms with Gasteiger partial charge in [0.1, 0.15) is 17.5 Å². The molecule has 0 radical (unpaired) electrons. The highest BCUT2D eigenvalue weighted by Crippen LogP contribution is 2.39. The SMILES string of the molecule is CC(C)(C)OC(=O)N1CCC(Oc2ccc(Cl)c(C3CCCC3)c2)CC1. The third-order valence-corrected chi connectivity index (χ3v) is 5.50. The fourth-order valence-electron chi connectivity index (χ4n) is 3.82. The van der Waals surface area contributed by atoms with Gasteiger partial charge in [0.15, 0.2) is 0 Å². The predicted octanol–water partition coefficient (Wildman–Crippen LogP) is 5.78. The van der Waals surface area contributed by atoms with Gasteiger partial charge < -0.3 is 14.4 Å². The van der Waals surface area contributed by atoms with Gasteiger partial charge in [0, 0.05) is 31.0 Å². The van der Waals surface area contributed by atoms with E-state index in [0.717, 1.165) is 23.6 Å². The van der Waals surface area contributed by atoms with Crippen LogP contribution in [-0.2, 0) is 4.74 Å². The molecule has 3 rings (SSSR count). The van der Waals surface area contributed by atoms with Gasteiger partial charge in [-0.2, -0.15) is 0 Å².